The third-order valence-corrected chi connectivity index (χ3v) is 5.30. The summed E-state index contributed by atoms with van der Waals surface area (Å²) in [6, 6.07) is 12.3. The number of likely N-dealkylation sites (tertiary alicyclic amines) is 1. The lowest BCUT2D eigenvalue weighted by Gasteiger charge is -2.21. The summed E-state index contributed by atoms with van der Waals surface area (Å²) < 4.78 is 5.15. The van der Waals surface area contributed by atoms with E-state index in [2.05, 4.69) is 15.5 Å². The molecule has 156 valence electrons. The molecule has 3 rings (SSSR count). The molecule has 1 aliphatic heterocycles. The van der Waals surface area contributed by atoms with Crippen LogP contribution in [0.15, 0.2) is 53.1 Å². The first-order valence-electron chi connectivity index (χ1n) is 10.6. The third-order valence-electron chi connectivity index (χ3n) is 5.30. The van der Waals surface area contributed by atoms with Gasteiger partial charge in [0.25, 0.3) is 5.91 Å². The van der Waals surface area contributed by atoms with Crippen LogP contribution in [0, 0.1) is 0 Å². The number of rotatable bonds is 9. The van der Waals surface area contributed by atoms with Crippen molar-refractivity contribution in [3.63, 3.8) is 0 Å². The highest BCUT2D eigenvalue weighted by molar-refractivity contribution is 5.95. The van der Waals surface area contributed by atoms with E-state index in [1.807, 2.05) is 30.3 Å². The SMILES string of the molecule is O=C(NC(Cc1ccccc1)C(=O)NCCCN1CCCCCC1)c1ccco1. The fraction of sp³-hybridized carbons (Fsp3) is 0.478. The van der Waals surface area contributed by atoms with E-state index in [1.165, 1.54) is 31.9 Å². The first-order valence-corrected chi connectivity index (χ1v) is 10.6. The average Bonchev–Trinajstić information content (AvgIpc) is 3.16. The van der Waals surface area contributed by atoms with E-state index in [4.69, 9.17) is 4.42 Å². The average molecular weight is 398 g/mol. The molecule has 1 unspecified atom stereocenters. The van der Waals surface area contributed by atoms with Gasteiger partial charge in [-0.25, -0.2) is 0 Å². The minimum absolute atomic E-state index is 0.162. The van der Waals surface area contributed by atoms with E-state index in [-0.39, 0.29) is 17.6 Å². The van der Waals surface area contributed by atoms with Crippen molar-refractivity contribution in [1.82, 2.24) is 15.5 Å². The van der Waals surface area contributed by atoms with E-state index >= 15 is 0 Å². The molecule has 6 heteroatoms. The number of carbonyl (C=O) groups excluding carboxylic acids is 2. The first kappa shape index (κ1) is 21.1. The van der Waals surface area contributed by atoms with Gasteiger partial charge in [0, 0.05) is 13.0 Å². The Balaban J connectivity index is 1.51. The Bertz CT molecular complexity index is 738. The van der Waals surface area contributed by atoms with Crippen LogP contribution in [0.1, 0.15) is 48.2 Å². The van der Waals surface area contributed by atoms with Crippen molar-refractivity contribution in [2.75, 3.05) is 26.2 Å². The number of furan rings is 1. The summed E-state index contributed by atoms with van der Waals surface area (Å²) in [5.74, 6) is -0.336. The van der Waals surface area contributed by atoms with Gasteiger partial charge in [-0.2, -0.15) is 0 Å². The zero-order valence-corrected chi connectivity index (χ0v) is 16.9. The molecule has 2 N–H and O–H groups in total. The standard InChI is InChI=1S/C23H31N3O3/c27-22(24-13-9-16-26-14-6-1-2-7-15-26)20(18-19-10-4-3-5-11-19)25-23(28)21-12-8-17-29-21/h3-5,8,10-12,17,20H,1-2,6-7,9,13-16,18H2,(H,24,27)(H,25,28). The van der Waals surface area contributed by atoms with E-state index in [0.717, 1.165) is 31.6 Å². The zero-order chi connectivity index (χ0) is 20.3. The minimum Gasteiger partial charge on any atom is -0.459 e. The molecule has 1 saturated heterocycles. The van der Waals surface area contributed by atoms with Gasteiger partial charge in [-0.1, -0.05) is 43.2 Å². The number of hydrogen-bond donors (Lipinski definition) is 2. The Kier molecular flexibility index (Phi) is 8.31. The van der Waals surface area contributed by atoms with Gasteiger partial charge in [0.2, 0.25) is 5.91 Å². The molecule has 1 fully saturated rings. The molecule has 29 heavy (non-hydrogen) atoms. The fourth-order valence-electron chi connectivity index (χ4n) is 3.69. The van der Waals surface area contributed by atoms with Crippen LogP contribution in [0.25, 0.3) is 0 Å². The number of nitrogens with zero attached hydrogens (tertiary/aromatic N) is 1. The Hall–Kier alpha value is -2.60. The molecule has 0 aliphatic carbocycles. The molecule has 6 nitrogen and oxygen atoms in total. The predicted molar refractivity (Wildman–Crippen MR) is 113 cm³/mol. The molecule has 1 atom stereocenters. The largest absolute Gasteiger partial charge is 0.459 e. The smallest absolute Gasteiger partial charge is 0.287 e. The number of amides is 2. The molecule has 2 heterocycles. The molecule has 2 aromatic rings. The van der Waals surface area contributed by atoms with Crippen LogP contribution in [0.4, 0.5) is 0 Å². The van der Waals surface area contributed by atoms with Crippen LogP contribution >= 0.6 is 0 Å². The summed E-state index contributed by atoms with van der Waals surface area (Å²) in [5.41, 5.74) is 0.997. The first-order chi connectivity index (χ1) is 14.2. The second kappa shape index (κ2) is 11.4. The van der Waals surface area contributed by atoms with Crippen LogP contribution < -0.4 is 10.6 Å². The summed E-state index contributed by atoms with van der Waals surface area (Å²) in [4.78, 5) is 27.7. The van der Waals surface area contributed by atoms with Crippen molar-refractivity contribution < 1.29 is 14.0 Å². The zero-order valence-electron chi connectivity index (χ0n) is 16.9. The van der Waals surface area contributed by atoms with Crippen LogP contribution in [-0.2, 0) is 11.2 Å². The molecule has 0 spiro atoms. The lowest BCUT2D eigenvalue weighted by molar-refractivity contribution is -0.123. The van der Waals surface area contributed by atoms with Crippen molar-refractivity contribution in [3.8, 4) is 0 Å². The molecule has 1 aromatic carbocycles. The number of carbonyl (C=O) groups is 2. The quantitative estimate of drug-likeness (QED) is 0.638. The van der Waals surface area contributed by atoms with Crippen LogP contribution in [0.2, 0.25) is 0 Å². The molecule has 0 saturated carbocycles. The van der Waals surface area contributed by atoms with Crippen molar-refractivity contribution in [1.29, 1.82) is 0 Å². The van der Waals surface area contributed by atoms with E-state index in [0.29, 0.717) is 13.0 Å². The lowest BCUT2D eigenvalue weighted by atomic mass is 10.0. The highest BCUT2D eigenvalue weighted by atomic mass is 16.3. The molecule has 2 amide bonds. The monoisotopic (exact) mass is 397 g/mol. The van der Waals surface area contributed by atoms with Crippen LogP contribution in [0.3, 0.4) is 0 Å². The molecular weight excluding hydrogens is 366 g/mol. The molecule has 0 radical (unpaired) electrons. The van der Waals surface area contributed by atoms with Crippen molar-refractivity contribution in [3.05, 3.63) is 60.1 Å². The maximum Gasteiger partial charge on any atom is 0.287 e. The van der Waals surface area contributed by atoms with Crippen molar-refractivity contribution >= 4 is 11.8 Å². The van der Waals surface area contributed by atoms with Crippen LogP contribution in [0.5, 0.6) is 0 Å². The maximum absolute atomic E-state index is 12.8. The van der Waals surface area contributed by atoms with E-state index < -0.39 is 6.04 Å². The summed E-state index contributed by atoms with van der Waals surface area (Å²) in [7, 11) is 0. The van der Waals surface area contributed by atoms with Gasteiger partial charge in [-0.3, -0.25) is 9.59 Å². The summed E-state index contributed by atoms with van der Waals surface area (Å²) >= 11 is 0. The lowest BCUT2D eigenvalue weighted by Crippen LogP contribution is -2.48. The van der Waals surface area contributed by atoms with Gasteiger partial charge < -0.3 is 20.0 Å². The maximum atomic E-state index is 12.8. The summed E-state index contributed by atoms with van der Waals surface area (Å²) in [6.45, 7) is 3.92. The fourth-order valence-corrected chi connectivity index (χ4v) is 3.69. The summed E-state index contributed by atoms with van der Waals surface area (Å²) in [6.07, 6.45) is 7.98. The second-order valence-corrected chi connectivity index (χ2v) is 7.59. The minimum atomic E-state index is -0.645. The van der Waals surface area contributed by atoms with Gasteiger partial charge in [-0.15, -0.1) is 0 Å². The van der Waals surface area contributed by atoms with Gasteiger partial charge in [0.1, 0.15) is 6.04 Å². The highest BCUT2D eigenvalue weighted by Gasteiger charge is 2.22. The normalized spacial score (nSPS) is 16.0. The molecule has 1 aromatic heterocycles. The van der Waals surface area contributed by atoms with Gasteiger partial charge in [0.05, 0.1) is 6.26 Å². The Morgan fingerprint density at radius 3 is 2.45 bits per heavy atom. The predicted octanol–water partition coefficient (Wildman–Crippen LogP) is 3.00. The van der Waals surface area contributed by atoms with Crippen molar-refractivity contribution in [2.24, 2.45) is 0 Å². The number of benzene rings is 1. The molecule has 1 aliphatic rings. The highest BCUT2D eigenvalue weighted by Crippen LogP contribution is 2.10. The topological polar surface area (TPSA) is 74.6 Å². The van der Waals surface area contributed by atoms with Gasteiger partial charge >= 0.3 is 0 Å². The van der Waals surface area contributed by atoms with Crippen molar-refractivity contribution in [2.45, 2.75) is 44.6 Å². The molecular formula is C23H31N3O3. The number of hydrogen-bond acceptors (Lipinski definition) is 4. The molecule has 0 bridgehead atoms. The van der Waals surface area contributed by atoms with E-state index in [9.17, 15) is 9.59 Å². The van der Waals surface area contributed by atoms with Gasteiger partial charge in [0.15, 0.2) is 5.76 Å². The number of nitrogens with one attached hydrogen (secondary N) is 2. The Morgan fingerprint density at radius 1 is 1.00 bits per heavy atom. The van der Waals surface area contributed by atoms with Gasteiger partial charge in [-0.05, 0) is 56.6 Å². The Labute approximate surface area is 172 Å². The third kappa shape index (κ3) is 7.06. The summed E-state index contributed by atoms with van der Waals surface area (Å²) in [5, 5.41) is 5.81. The van der Waals surface area contributed by atoms with Crippen LogP contribution in [-0.4, -0.2) is 48.9 Å². The second-order valence-electron chi connectivity index (χ2n) is 7.59. The van der Waals surface area contributed by atoms with E-state index in [1.54, 1.807) is 12.1 Å². The Morgan fingerprint density at radius 2 is 1.76 bits per heavy atom.